The minimum absolute atomic E-state index is 0.305. The number of nitrogens with zero attached hydrogens (tertiary/aromatic N) is 2. The maximum Gasteiger partial charge on any atom is 0.165 e. The van der Waals surface area contributed by atoms with Crippen LogP contribution < -0.4 is 14.4 Å². The molecule has 1 unspecified atom stereocenters. The summed E-state index contributed by atoms with van der Waals surface area (Å²) in [7, 11) is 1.69. The standard InChI is InChI=1S/C33H41FN2O3/c1-3-36(23-24-7-14-33(31(34)19-24)39-18-17-35-15-5-4-6-16-35)32-22-29(38-2)12-13-30(32)27-9-8-26-21-28(37)11-10-25(26)20-27/h7,10-14,19,21-22,27,37H,3-6,8-9,15-18,20,23H2,1-2H3. The number of rotatable bonds is 10. The second kappa shape index (κ2) is 12.7. The van der Waals surface area contributed by atoms with Gasteiger partial charge in [-0.15, -0.1) is 0 Å². The number of aryl methyl sites for hydroxylation is 1. The highest BCUT2D eigenvalue weighted by molar-refractivity contribution is 5.60. The molecule has 1 aliphatic carbocycles. The maximum absolute atomic E-state index is 15.0. The first-order valence-electron chi connectivity index (χ1n) is 14.4. The number of hydrogen-bond donors (Lipinski definition) is 1. The lowest BCUT2D eigenvalue weighted by atomic mass is 9.79. The summed E-state index contributed by atoms with van der Waals surface area (Å²) in [5.41, 5.74) is 5.87. The number of aromatic hydroxyl groups is 1. The van der Waals surface area contributed by atoms with Crippen molar-refractivity contribution in [2.75, 3.05) is 44.8 Å². The Morgan fingerprint density at radius 1 is 1.00 bits per heavy atom. The first kappa shape index (κ1) is 27.3. The molecule has 6 heteroatoms. The quantitative estimate of drug-likeness (QED) is 0.315. The summed E-state index contributed by atoms with van der Waals surface area (Å²) in [5, 5.41) is 9.89. The van der Waals surface area contributed by atoms with Gasteiger partial charge in [-0.25, -0.2) is 4.39 Å². The molecule has 0 saturated carbocycles. The van der Waals surface area contributed by atoms with Gasteiger partial charge in [0.15, 0.2) is 11.6 Å². The van der Waals surface area contributed by atoms with Crippen molar-refractivity contribution in [2.45, 2.75) is 57.9 Å². The molecular formula is C33H41FN2O3. The lowest BCUT2D eigenvalue weighted by Crippen LogP contribution is -2.33. The van der Waals surface area contributed by atoms with Gasteiger partial charge in [0.1, 0.15) is 18.1 Å². The summed E-state index contributed by atoms with van der Waals surface area (Å²) < 4.78 is 26.4. The van der Waals surface area contributed by atoms with Crippen LogP contribution in [0.4, 0.5) is 10.1 Å². The van der Waals surface area contributed by atoms with Crippen LogP contribution in [0.25, 0.3) is 0 Å². The van der Waals surface area contributed by atoms with Crippen LogP contribution in [-0.4, -0.2) is 49.9 Å². The predicted molar refractivity (Wildman–Crippen MR) is 155 cm³/mol. The SMILES string of the molecule is CCN(Cc1ccc(OCCN2CCCCC2)c(F)c1)c1cc(OC)ccc1C1CCc2cc(O)ccc2C1. The minimum atomic E-state index is -0.305. The highest BCUT2D eigenvalue weighted by atomic mass is 19.1. The Hall–Kier alpha value is -3.25. The molecule has 1 saturated heterocycles. The molecular weight excluding hydrogens is 491 g/mol. The number of anilines is 1. The van der Waals surface area contributed by atoms with Gasteiger partial charge in [-0.3, -0.25) is 4.90 Å². The maximum atomic E-state index is 15.0. The molecule has 1 N–H and O–H groups in total. The van der Waals surface area contributed by atoms with Gasteiger partial charge in [0.2, 0.25) is 0 Å². The monoisotopic (exact) mass is 532 g/mol. The van der Waals surface area contributed by atoms with Crippen molar-refractivity contribution in [3.63, 3.8) is 0 Å². The van der Waals surface area contributed by atoms with Gasteiger partial charge in [0.25, 0.3) is 0 Å². The fraction of sp³-hybridized carbons (Fsp3) is 0.455. The van der Waals surface area contributed by atoms with E-state index in [1.54, 1.807) is 25.3 Å². The van der Waals surface area contributed by atoms with E-state index >= 15 is 4.39 Å². The van der Waals surface area contributed by atoms with Gasteiger partial charge in [-0.1, -0.05) is 24.6 Å². The second-order valence-electron chi connectivity index (χ2n) is 10.8. The molecule has 1 fully saturated rings. The molecule has 0 aromatic heterocycles. The van der Waals surface area contributed by atoms with E-state index in [1.807, 2.05) is 18.2 Å². The van der Waals surface area contributed by atoms with Crippen molar-refractivity contribution < 1.29 is 19.0 Å². The normalized spacial score (nSPS) is 17.5. The summed E-state index contributed by atoms with van der Waals surface area (Å²) >= 11 is 0. The number of halogens is 1. The molecule has 5 nitrogen and oxygen atoms in total. The van der Waals surface area contributed by atoms with Crippen LogP contribution in [0.2, 0.25) is 0 Å². The molecule has 3 aromatic rings. The molecule has 5 rings (SSSR count). The van der Waals surface area contributed by atoms with Crippen LogP contribution in [-0.2, 0) is 19.4 Å². The number of ether oxygens (including phenoxy) is 2. The number of fused-ring (bicyclic) bond motifs is 1. The zero-order valence-corrected chi connectivity index (χ0v) is 23.3. The number of likely N-dealkylation sites (tertiary alicyclic amines) is 1. The largest absolute Gasteiger partial charge is 0.508 e. The van der Waals surface area contributed by atoms with Crippen molar-refractivity contribution in [1.29, 1.82) is 0 Å². The molecule has 1 heterocycles. The van der Waals surface area contributed by atoms with E-state index in [0.717, 1.165) is 62.4 Å². The average molecular weight is 533 g/mol. The fourth-order valence-electron chi connectivity index (χ4n) is 6.09. The number of methoxy groups -OCH3 is 1. The van der Waals surface area contributed by atoms with Gasteiger partial charge in [-0.2, -0.15) is 0 Å². The first-order chi connectivity index (χ1) is 19.0. The summed E-state index contributed by atoms with van der Waals surface area (Å²) in [6.45, 7) is 7.09. The predicted octanol–water partition coefficient (Wildman–Crippen LogP) is 6.70. The third-order valence-corrected chi connectivity index (χ3v) is 8.30. The first-order valence-corrected chi connectivity index (χ1v) is 14.4. The number of hydrogen-bond acceptors (Lipinski definition) is 5. The van der Waals surface area contributed by atoms with Gasteiger partial charge < -0.3 is 19.5 Å². The highest BCUT2D eigenvalue weighted by Gasteiger charge is 2.25. The molecule has 3 aromatic carbocycles. The number of phenolic OH excluding ortho intramolecular Hbond substituents is 1. The van der Waals surface area contributed by atoms with Crippen LogP contribution in [0.15, 0.2) is 54.6 Å². The van der Waals surface area contributed by atoms with Crippen molar-refractivity contribution >= 4 is 5.69 Å². The smallest absolute Gasteiger partial charge is 0.165 e. The van der Waals surface area contributed by atoms with Gasteiger partial charge in [0, 0.05) is 31.4 Å². The number of phenols is 1. The Bertz CT molecular complexity index is 1260. The lowest BCUT2D eigenvalue weighted by molar-refractivity contribution is 0.180. The van der Waals surface area contributed by atoms with E-state index in [9.17, 15) is 5.11 Å². The van der Waals surface area contributed by atoms with Gasteiger partial charge in [0.05, 0.1) is 7.11 Å². The zero-order chi connectivity index (χ0) is 27.2. The third-order valence-electron chi connectivity index (χ3n) is 8.30. The molecule has 0 bridgehead atoms. The Morgan fingerprint density at radius 3 is 2.62 bits per heavy atom. The Labute approximate surface area is 232 Å². The van der Waals surface area contributed by atoms with Gasteiger partial charge >= 0.3 is 0 Å². The van der Waals surface area contributed by atoms with Crippen molar-refractivity contribution in [2.24, 2.45) is 0 Å². The molecule has 208 valence electrons. The average Bonchev–Trinajstić information content (AvgIpc) is 2.97. The third kappa shape index (κ3) is 6.67. The molecule has 0 amide bonds. The van der Waals surface area contributed by atoms with Crippen molar-refractivity contribution in [1.82, 2.24) is 4.90 Å². The van der Waals surface area contributed by atoms with E-state index in [0.29, 0.717) is 30.6 Å². The van der Waals surface area contributed by atoms with Crippen LogP contribution in [0.5, 0.6) is 17.2 Å². The van der Waals surface area contributed by atoms with Crippen LogP contribution in [0.3, 0.4) is 0 Å². The summed E-state index contributed by atoms with van der Waals surface area (Å²) in [6, 6.07) is 17.4. The lowest BCUT2D eigenvalue weighted by Gasteiger charge is -2.32. The topological polar surface area (TPSA) is 45.2 Å². The van der Waals surface area contributed by atoms with E-state index in [1.165, 1.54) is 36.0 Å². The Balaban J connectivity index is 1.30. The van der Waals surface area contributed by atoms with E-state index < -0.39 is 0 Å². The molecule has 2 aliphatic rings. The minimum Gasteiger partial charge on any atom is -0.508 e. The van der Waals surface area contributed by atoms with Crippen LogP contribution >= 0.6 is 0 Å². The zero-order valence-electron chi connectivity index (χ0n) is 23.3. The number of piperidine rings is 1. The van der Waals surface area contributed by atoms with Crippen LogP contribution in [0.1, 0.15) is 60.8 Å². The number of benzene rings is 3. The van der Waals surface area contributed by atoms with Gasteiger partial charge in [-0.05, 0) is 111 Å². The Morgan fingerprint density at radius 2 is 1.85 bits per heavy atom. The second-order valence-corrected chi connectivity index (χ2v) is 10.8. The van der Waals surface area contributed by atoms with E-state index in [2.05, 4.69) is 34.9 Å². The van der Waals surface area contributed by atoms with Crippen LogP contribution in [0, 0.1) is 5.82 Å². The molecule has 1 atom stereocenters. The summed E-state index contributed by atoms with van der Waals surface area (Å²) in [6.07, 6.45) is 6.68. The van der Waals surface area contributed by atoms with Crippen molar-refractivity contribution in [3.05, 3.63) is 82.7 Å². The summed E-state index contributed by atoms with van der Waals surface area (Å²) in [5.74, 6) is 1.54. The Kier molecular flexibility index (Phi) is 8.92. The van der Waals surface area contributed by atoms with Crippen molar-refractivity contribution in [3.8, 4) is 17.2 Å². The molecule has 1 aliphatic heterocycles. The molecule has 0 spiro atoms. The fourth-order valence-corrected chi connectivity index (χ4v) is 6.09. The molecule has 39 heavy (non-hydrogen) atoms. The summed E-state index contributed by atoms with van der Waals surface area (Å²) in [4.78, 5) is 4.70. The highest BCUT2D eigenvalue weighted by Crippen LogP contribution is 2.40. The molecule has 0 radical (unpaired) electrons. The van der Waals surface area contributed by atoms with E-state index in [4.69, 9.17) is 9.47 Å². The van der Waals surface area contributed by atoms with E-state index in [-0.39, 0.29) is 5.82 Å².